The van der Waals surface area contributed by atoms with Crippen LogP contribution in [0, 0.1) is 0 Å². The molecular weight excluding hydrogens is 312 g/mol. The maximum Gasteiger partial charge on any atom is 0.325 e. The summed E-state index contributed by atoms with van der Waals surface area (Å²) in [6, 6.07) is 5.36. The number of carbonyl (C=O) groups is 1. The zero-order chi connectivity index (χ0) is 16.3. The van der Waals surface area contributed by atoms with E-state index in [9.17, 15) is 22.8 Å². The monoisotopic (exact) mass is 324 g/mol. The maximum absolute atomic E-state index is 12.1. The van der Waals surface area contributed by atoms with Gasteiger partial charge in [0.15, 0.2) is 0 Å². The summed E-state index contributed by atoms with van der Waals surface area (Å²) in [5.74, 6) is -0.284. The van der Waals surface area contributed by atoms with Crippen LogP contribution in [-0.2, 0) is 14.8 Å². The lowest BCUT2D eigenvalue weighted by molar-refractivity contribution is -0.114. The number of anilines is 2. The first-order valence-corrected chi connectivity index (χ1v) is 7.49. The average Bonchev–Trinajstić information content (AvgIpc) is 2.42. The number of rotatable bonds is 4. The van der Waals surface area contributed by atoms with Crippen LogP contribution in [0.15, 0.2) is 44.9 Å². The summed E-state index contributed by atoms with van der Waals surface area (Å²) in [7, 11) is -4.00. The molecule has 0 radical (unpaired) electrons. The molecule has 1 aromatic heterocycles. The lowest BCUT2D eigenvalue weighted by Crippen LogP contribution is -2.26. The highest BCUT2D eigenvalue weighted by molar-refractivity contribution is 7.92. The number of amides is 1. The fraction of sp³-hybridized carbons (Fsp3) is 0.0833. The van der Waals surface area contributed by atoms with Crippen LogP contribution in [0.4, 0.5) is 11.4 Å². The van der Waals surface area contributed by atoms with Crippen LogP contribution in [-0.4, -0.2) is 24.3 Å². The molecule has 0 atom stereocenters. The van der Waals surface area contributed by atoms with Crippen molar-refractivity contribution < 1.29 is 13.2 Å². The molecule has 0 fully saturated rings. The van der Waals surface area contributed by atoms with Crippen LogP contribution >= 0.6 is 0 Å². The van der Waals surface area contributed by atoms with E-state index in [1.54, 1.807) is 0 Å². The summed E-state index contributed by atoms with van der Waals surface area (Å²) in [6.07, 6.45) is 0.963. The fourth-order valence-electron chi connectivity index (χ4n) is 1.61. The van der Waals surface area contributed by atoms with Gasteiger partial charge in [-0.1, -0.05) is 0 Å². The Bertz CT molecular complexity index is 912. The van der Waals surface area contributed by atoms with Crippen molar-refractivity contribution in [3.8, 4) is 0 Å². The van der Waals surface area contributed by atoms with Gasteiger partial charge in [-0.15, -0.1) is 0 Å². The third-order valence-electron chi connectivity index (χ3n) is 2.55. The number of sulfonamides is 1. The molecule has 0 saturated carbocycles. The number of H-pyrrole nitrogens is 2. The summed E-state index contributed by atoms with van der Waals surface area (Å²) < 4.78 is 26.3. The van der Waals surface area contributed by atoms with E-state index < -0.39 is 21.3 Å². The van der Waals surface area contributed by atoms with Crippen molar-refractivity contribution in [1.82, 2.24) is 9.97 Å². The molecule has 1 amide bonds. The average molecular weight is 324 g/mol. The molecule has 0 bridgehead atoms. The number of hydrogen-bond donors (Lipinski definition) is 4. The smallest absolute Gasteiger partial charge is 0.325 e. The summed E-state index contributed by atoms with van der Waals surface area (Å²) in [6.45, 7) is 1.33. The van der Waals surface area contributed by atoms with Crippen molar-refractivity contribution in [3.63, 3.8) is 0 Å². The van der Waals surface area contributed by atoms with Crippen molar-refractivity contribution in [3.05, 3.63) is 51.3 Å². The van der Waals surface area contributed by atoms with Gasteiger partial charge in [-0.05, 0) is 24.3 Å². The Morgan fingerprint density at radius 1 is 1.14 bits per heavy atom. The van der Waals surface area contributed by atoms with Crippen LogP contribution in [0.2, 0.25) is 0 Å². The predicted molar refractivity (Wildman–Crippen MR) is 79.2 cm³/mol. The molecule has 2 rings (SSSR count). The van der Waals surface area contributed by atoms with Crippen molar-refractivity contribution >= 4 is 27.3 Å². The van der Waals surface area contributed by atoms with Gasteiger partial charge in [-0.2, -0.15) is 0 Å². The topological polar surface area (TPSA) is 141 Å². The highest BCUT2D eigenvalue weighted by Gasteiger charge is 2.16. The van der Waals surface area contributed by atoms with Crippen molar-refractivity contribution in [1.29, 1.82) is 0 Å². The molecule has 22 heavy (non-hydrogen) atoms. The number of nitrogens with one attached hydrogen (secondary N) is 4. The Balaban J connectivity index is 2.28. The summed E-state index contributed by atoms with van der Waals surface area (Å²) in [4.78, 5) is 37.2. The normalized spacial score (nSPS) is 11.0. The molecular formula is C12H12N4O5S. The molecule has 2 aromatic rings. The second-order valence-corrected chi connectivity index (χ2v) is 5.98. The molecule has 1 aromatic carbocycles. The van der Waals surface area contributed by atoms with Crippen LogP contribution in [0.5, 0.6) is 0 Å². The number of benzene rings is 1. The van der Waals surface area contributed by atoms with E-state index in [0.717, 1.165) is 6.20 Å². The van der Waals surface area contributed by atoms with E-state index in [2.05, 4.69) is 15.0 Å². The van der Waals surface area contributed by atoms with Crippen molar-refractivity contribution in [2.75, 3.05) is 10.0 Å². The molecule has 0 aliphatic carbocycles. The molecule has 0 saturated heterocycles. The number of aromatic nitrogens is 2. The molecule has 0 unspecified atom stereocenters. The second-order valence-electron chi connectivity index (χ2n) is 4.30. The van der Waals surface area contributed by atoms with Crippen LogP contribution in [0.25, 0.3) is 0 Å². The first-order chi connectivity index (χ1) is 10.3. The third-order valence-corrected chi connectivity index (χ3v) is 3.93. The SMILES string of the molecule is CC(=O)Nc1ccc(S(=O)(=O)Nc2c[nH]c(=O)[nH]c2=O)cc1. The molecule has 116 valence electrons. The summed E-state index contributed by atoms with van der Waals surface area (Å²) >= 11 is 0. The quantitative estimate of drug-likeness (QED) is 0.617. The van der Waals surface area contributed by atoms with Gasteiger partial charge in [-0.25, -0.2) is 13.2 Å². The molecule has 0 aliphatic heterocycles. The van der Waals surface area contributed by atoms with Crippen molar-refractivity contribution in [2.45, 2.75) is 11.8 Å². The van der Waals surface area contributed by atoms with E-state index >= 15 is 0 Å². The number of aromatic amines is 2. The molecule has 0 aliphatic rings. The first-order valence-electron chi connectivity index (χ1n) is 6.00. The van der Waals surface area contributed by atoms with Crippen molar-refractivity contribution in [2.24, 2.45) is 0 Å². The first kappa shape index (κ1) is 15.5. The van der Waals surface area contributed by atoms with E-state index in [1.165, 1.54) is 31.2 Å². The van der Waals surface area contributed by atoms with E-state index in [0.29, 0.717) is 5.69 Å². The number of hydrogen-bond acceptors (Lipinski definition) is 5. The lowest BCUT2D eigenvalue weighted by Gasteiger charge is -2.08. The van der Waals surface area contributed by atoms with E-state index in [4.69, 9.17) is 0 Å². The van der Waals surface area contributed by atoms with Crippen LogP contribution in [0.1, 0.15) is 6.92 Å². The maximum atomic E-state index is 12.1. The largest absolute Gasteiger partial charge is 0.326 e. The second kappa shape index (κ2) is 5.85. The minimum Gasteiger partial charge on any atom is -0.326 e. The summed E-state index contributed by atoms with van der Waals surface area (Å²) in [5, 5.41) is 2.50. The Morgan fingerprint density at radius 2 is 1.77 bits per heavy atom. The third kappa shape index (κ3) is 3.61. The highest BCUT2D eigenvalue weighted by Crippen LogP contribution is 2.16. The number of carbonyl (C=O) groups excluding carboxylic acids is 1. The Hall–Kier alpha value is -2.88. The zero-order valence-electron chi connectivity index (χ0n) is 11.3. The molecule has 4 N–H and O–H groups in total. The minimum atomic E-state index is -4.00. The van der Waals surface area contributed by atoms with Gasteiger partial charge in [0.05, 0.1) is 4.90 Å². The van der Waals surface area contributed by atoms with Crippen LogP contribution in [0.3, 0.4) is 0 Å². The molecule has 9 nitrogen and oxygen atoms in total. The van der Waals surface area contributed by atoms with E-state index in [-0.39, 0.29) is 16.5 Å². The summed E-state index contributed by atoms with van der Waals surface area (Å²) in [5.41, 5.74) is -1.48. The van der Waals surface area contributed by atoms with Gasteiger partial charge < -0.3 is 10.3 Å². The lowest BCUT2D eigenvalue weighted by atomic mass is 10.3. The van der Waals surface area contributed by atoms with Gasteiger partial charge in [0, 0.05) is 18.8 Å². The Morgan fingerprint density at radius 3 is 2.32 bits per heavy atom. The molecule has 10 heteroatoms. The van der Waals surface area contributed by atoms with Gasteiger partial charge in [0.25, 0.3) is 15.6 Å². The molecule has 0 spiro atoms. The standard InChI is InChI=1S/C12H12N4O5S/c1-7(17)14-8-2-4-9(5-3-8)22(20,21)16-10-6-13-12(19)15-11(10)18/h2-6,16H,1H3,(H,14,17)(H2,13,15,18,19). The Kier molecular flexibility index (Phi) is 4.13. The van der Waals surface area contributed by atoms with Gasteiger partial charge >= 0.3 is 5.69 Å². The van der Waals surface area contributed by atoms with Crippen LogP contribution < -0.4 is 21.3 Å². The molecule has 1 heterocycles. The zero-order valence-corrected chi connectivity index (χ0v) is 12.2. The minimum absolute atomic E-state index is 0.104. The predicted octanol–water partition coefficient (Wildman–Crippen LogP) is -0.178. The highest BCUT2D eigenvalue weighted by atomic mass is 32.2. The van der Waals surface area contributed by atoms with E-state index in [1.807, 2.05) is 4.98 Å². The Labute approximate surface area is 124 Å². The van der Waals surface area contributed by atoms with Gasteiger partial charge in [0.1, 0.15) is 5.69 Å². The van der Waals surface area contributed by atoms with Gasteiger partial charge in [0.2, 0.25) is 5.91 Å². The fourth-order valence-corrected chi connectivity index (χ4v) is 2.66. The van der Waals surface area contributed by atoms with Gasteiger partial charge in [-0.3, -0.25) is 19.3 Å².